The van der Waals surface area contributed by atoms with E-state index in [1.165, 1.54) is 11.8 Å². The molecule has 1 N–H and O–H groups in total. The predicted octanol–water partition coefficient (Wildman–Crippen LogP) is 4.47. The number of aromatic amines is 1. The van der Waals surface area contributed by atoms with Gasteiger partial charge in [-0.05, 0) is 24.3 Å². The Morgan fingerprint density at radius 1 is 0.960 bits per heavy atom. The standard InChI is InChI=1S/C17H12ClN5OS/c18-13-8-6-12(7-9-13)16-22-20-14(24-16)10-25-17-19-15(21-23-17)11-4-2-1-3-5-11/h1-9H,10H2,(H,19,21,23). The molecule has 0 saturated heterocycles. The van der Waals surface area contributed by atoms with Gasteiger partial charge >= 0.3 is 0 Å². The molecular formula is C17H12ClN5OS. The fraction of sp³-hybridized carbons (Fsp3) is 0.0588. The summed E-state index contributed by atoms with van der Waals surface area (Å²) < 4.78 is 5.67. The van der Waals surface area contributed by atoms with E-state index in [9.17, 15) is 0 Å². The van der Waals surface area contributed by atoms with E-state index in [1.807, 2.05) is 42.5 Å². The van der Waals surface area contributed by atoms with Crippen molar-refractivity contribution in [3.8, 4) is 22.8 Å². The van der Waals surface area contributed by atoms with Crippen molar-refractivity contribution in [3.05, 3.63) is 65.5 Å². The topological polar surface area (TPSA) is 80.5 Å². The zero-order valence-corrected chi connectivity index (χ0v) is 14.5. The number of benzene rings is 2. The van der Waals surface area contributed by atoms with E-state index in [1.54, 1.807) is 12.1 Å². The molecule has 6 nitrogen and oxygen atoms in total. The summed E-state index contributed by atoms with van der Waals surface area (Å²) in [5.74, 6) is 2.20. The number of hydrogen-bond donors (Lipinski definition) is 1. The Kier molecular flexibility index (Phi) is 4.49. The van der Waals surface area contributed by atoms with Gasteiger partial charge in [0.2, 0.25) is 16.9 Å². The van der Waals surface area contributed by atoms with Crippen molar-refractivity contribution < 1.29 is 4.42 Å². The molecule has 0 fully saturated rings. The molecule has 4 aromatic rings. The van der Waals surface area contributed by atoms with Gasteiger partial charge in [0.05, 0.1) is 5.75 Å². The highest BCUT2D eigenvalue weighted by Crippen LogP contribution is 2.24. The summed E-state index contributed by atoms with van der Waals surface area (Å²) in [7, 11) is 0. The second-order valence-electron chi connectivity index (χ2n) is 5.13. The van der Waals surface area contributed by atoms with Crippen LogP contribution in [0.25, 0.3) is 22.8 Å². The lowest BCUT2D eigenvalue weighted by molar-refractivity contribution is 0.528. The molecule has 25 heavy (non-hydrogen) atoms. The molecule has 0 bridgehead atoms. The monoisotopic (exact) mass is 369 g/mol. The lowest BCUT2D eigenvalue weighted by atomic mass is 10.2. The van der Waals surface area contributed by atoms with Crippen LogP contribution in [0.1, 0.15) is 5.89 Å². The van der Waals surface area contributed by atoms with Crippen LogP contribution < -0.4 is 0 Å². The average Bonchev–Trinajstić information content (AvgIpc) is 3.31. The van der Waals surface area contributed by atoms with E-state index in [-0.39, 0.29) is 0 Å². The molecule has 0 amide bonds. The van der Waals surface area contributed by atoms with Gasteiger partial charge in [0, 0.05) is 16.1 Å². The molecule has 4 rings (SSSR count). The van der Waals surface area contributed by atoms with Gasteiger partial charge < -0.3 is 4.42 Å². The number of nitrogens with one attached hydrogen (secondary N) is 1. The zero-order chi connectivity index (χ0) is 17.1. The first-order valence-electron chi connectivity index (χ1n) is 7.47. The lowest BCUT2D eigenvalue weighted by Crippen LogP contribution is -1.82. The van der Waals surface area contributed by atoms with E-state index >= 15 is 0 Å². The van der Waals surface area contributed by atoms with Gasteiger partial charge in [0.15, 0.2) is 5.82 Å². The maximum absolute atomic E-state index is 5.88. The number of halogens is 1. The van der Waals surface area contributed by atoms with Gasteiger partial charge in [-0.3, -0.25) is 5.10 Å². The van der Waals surface area contributed by atoms with Crippen molar-refractivity contribution >= 4 is 23.4 Å². The second kappa shape index (κ2) is 7.08. The van der Waals surface area contributed by atoms with Crippen molar-refractivity contribution in [3.63, 3.8) is 0 Å². The summed E-state index contributed by atoms with van der Waals surface area (Å²) in [6.07, 6.45) is 0. The van der Waals surface area contributed by atoms with Gasteiger partial charge in [-0.25, -0.2) is 4.98 Å². The van der Waals surface area contributed by atoms with Crippen molar-refractivity contribution in [2.24, 2.45) is 0 Å². The Bertz CT molecular complexity index is 968. The van der Waals surface area contributed by atoms with Crippen LogP contribution in [0.15, 0.2) is 64.2 Å². The van der Waals surface area contributed by atoms with Gasteiger partial charge in [-0.15, -0.1) is 15.3 Å². The molecule has 0 aliphatic heterocycles. The summed E-state index contributed by atoms with van der Waals surface area (Å²) in [5, 5.41) is 16.6. The zero-order valence-electron chi connectivity index (χ0n) is 12.9. The van der Waals surface area contributed by atoms with Crippen LogP contribution in [-0.2, 0) is 5.75 Å². The number of hydrogen-bond acceptors (Lipinski definition) is 6. The van der Waals surface area contributed by atoms with Gasteiger partial charge in [-0.1, -0.05) is 53.7 Å². The minimum atomic E-state index is 0.465. The van der Waals surface area contributed by atoms with Crippen molar-refractivity contribution in [1.29, 1.82) is 0 Å². The molecule has 2 aromatic carbocycles. The maximum Gasteiger partial charge on any atom is 0.247 e. The molecule has 0 aliphatic carbocycles. The first-order chi connectivity index (χ1) is 12.3. The highest BCUT2D eigenvalue weighted by Gasteiger charge is 2.11. The van der Waals surface area contributed by atoms with E-state index in [2.05, 4.69) is 25.4 Å². The third-order valence-electron chi connectivity index (χ3n) is 3.39. The normalized spacial score (nSPS) is 10.9. The van der Waals surface area contributed by atoms with Crippen LogP contribution >= 0.6 is 23.4 Å². The quantitative estimate of drug-likeness (QED) is 0.523. The molecule has 2 heterocycles. The number of aromatic nitrogens is 5. The first kappa shape index (κ1) is 15.9. The van der Waals surface area contributed by atoms with E-state index in [0.717, 1.165) is 17.0 Å². The summed E-state index contributed by atoms with van der Waals surface area (Å²) in [5.41, 5.74) is 1.82. The smallest absolute Gasteiger partial charge is 0.247 e. The molecule has 0 spiro atoms. The van der Waals surface area contributed by atoms with Gasteiger partial charge in [0.1, 0.15) is 0 Å². The molecule has 0 aliphatic rings. The van der Waals surface area contributed by atoms with Crippen LogP contribution in [-0.4, -0.2) is 25.4 Å². The van der Waals surface area contributed by atoms with E-state index in [4.69, 9.17) is 16.0 Å². The number of H-pyrrole nitrogens is 1. The third-order valence-corrected chi connectivity index (χ3v) is 4.48. The summed E-state index contributed by atoms with van der Waals surface area (Å²) in [4.78, 5) is 4.46. The Morgan fingerprint density at radius 3 is 2.56 bits per heavy atom. The number of rotatable bonds is 5. The lowest BCUT2D eigenvalue weighted by Gasteiger charge is -1.94. The summed E-state index contributed by atoms with van der Waals surface area (Å²) in [6, 6.07) is 17.1. The average molecular weight is 370 g/mol. The maximum atomic E-state index is 5.88. The van der Waals surface area contributed by atoms with Gasteiger partial charge in [0.25, 0.3) is 0 Å². The molecule has 0 unspecified atom stereocenters. The van der Waals surface area contributed by atoms with Gasteiger partial charge in [-0.2, -0.15) is 0 Å². The van der Waals surface area contributed by atoms with E-state index < -0.39 is 0 Å². The Hall–Kier alpha value is -2.64. The minimum absolute atomic E-state index is 0.465. The van der Waals surface area contributed by atoms with E-state index in [0.29, 0.717) is 27.7 Å². The molecule has 8 heteroatoms. The molecular weight excluding hydrogens is 358 g/mol. The molecule has 0 atom stereocenters. The summed E-state index contributed by atoms with van der Waals surface area (Å²) >= 11 is 7.31. The Morgan fingerprint density at radius 2 is 1.76 bits per heavy atom. The van der Waals surface area contributed by atoms with Crippen LogP contribution in [0.5, 0.6) is 0 Å². The van der Waals surface area contributed by atoms with Crippen LogP contribution in [0.4, 0.5) is 0 Å². The molecule has 0 saturated carbocycles. The number of nitrogens with zero attached hydrogens (tertiary/aromatic N) is 4. The molecule has 124 valence electrons. The summed E-state index contributed by atoms with van der Waals surface area (Å²) in [6.45, 7) is 0. The number of thioether (sulfide) groups is 1. The fourth-order valence-electron chi connectivity index (χ4n) is 2.18. The highest BCUT2D eigenvalue weighted by atomic mass is 35.5. The predicted molar refractivity (Wildman–Crippen MR) is 96.1 cm³/mol. The molecule has 0 radical (unpaired) electrons. The molecule has 2 aromatic heterocycles. The van der Waals surface area contributed by atoms with Crippen LogP contribution in [0.2, 0.25) is 5.02 Å². The fourth-order valence-corrected chi connectivity index (χ4v) is 2.94. The van der Waals surface area contributed by atoms with Crippen LogP contribution in [0, 0.1) is 0 Å². The third kappa shape index (κ3) is 3.72. The SMILES string of the molecule is Clc1ccc(-c2nnc(CSc3n[nH]c(-c4ccccc4)n3)o2)cc1. The van der Waals surface area contributed by atoms with Crippen molar-refractivity contribution in [1.82, 2.24) is 25.4 Å². The van der Waals surface area contributed by atoms with Crippen molar-refractivity contribution in [2.75, 3.05) is 0 Å². The van der Waals surface area contributed by atoms with Crippen molar-refractivity contribution in [2.45, 2.75) is 10.9 Å². The largest absolute Gasteiger partial charge is 0.420 e. The highest BCUT2D eigenvalue weighted by molar-refractivity contribution is 7.98. The Labute approximate surface area is 152 Å². The minimum Gasteiger partial charge on any atom is -0.420 e. The second-order valence-corrected chi connectivity index (χ2v) is 6.51. The Balaban J connectivity index is 1.42. The van der Waals surface area contributed by atoms with Crippen LogP contribution in [0.3, 0.4) is 0 Å². The first-order valence-corrected chi connectivity index (χ1v) is 8.83.